The number of amides is 2. The Morgan fingerprint density at radius 1 is 0.811 bits per heavy atom. The maximum Gasteiger partial charge on any atom is 0.256 e. The molecule has 0 aliphatic heterocycles. The second-order valence-corrected chi connectivity index (χ2v) is 8.78. The normalized spacial score (nSPS) is 12.6. The molecule has 0 spiro atoms. The van der Waals surface area contributed by atoms with Gasteiger partial charge in [0.1, 0.15) is 0 Å². The highest BCUT2D eigenvalue weighted by atomic mass is 16.5. The summed E-state index contributed by atoms with van der Waals surface area (Å²) < 4.78 is 16.4. The highest BCUT2D eigenvalue weighted by Crippen LogP contribution is 2.41. The quantitative estimate of drug-likeness (QED) is 0.332. The Bertz CT molecular complexity index is 1470. The van der Waals surface area contributed by atoms with Gasteiger partial charge in [0, 0.05) is 28.2 Å². The molecule has 8 nitrogen and oxygen atoms in total. The lowest BCUT2D eigenvalue weighted by Crippen LogP contribution is -2.15. The van der Waals surface area contributed by atoms with Gasteiger partial charge in [0.2, 0.25) is 11.7 Å². The van der Waals surface area contributed by atoms with Crippen molar-refractivity contribution in [1.29, 1.82) is 0 Å². The van der Waals surface area contributed by atoms with E-state index in [-0.39, 0.29) is 17.7 Å². The van der Waals surface area contributed by atoms with Crippen LogP contribution in [0.4, 0.5) is 11.4 Å². The van der Waals surface area contributed by atoms with Crippen molar-refractivity contribution < 1.29 is 23.8 Å². The first kappa shape index (κ1) is 24.1. The summed E-state index contributed by atoms with van der Waals surface area (Å²) in [5.41, 5.74) is 3.64. The van der Waals surface area contributed by atoms with Gasteiger partial charge in [-0.25, -0.2) is 4.98 Å². The van der Waals surface area contributed by atoms with E-state index in [4.69, 9.17) is 19.2 Å². The molecule has 4 aromatic rings. The van der Waals surface area contributed by atoms with Crippen LogP contribution in [0.5, 0.6) is 17.2 Å². The average Bonchev–Trinajstić information content (AvgIpc) is 3.77. The predicted molar refractivity (Wildman–Crippen MR) is 143 cm³/mol. The monoisotopic (exact) mass is 497 g/mol. The van der Waals surface area contributed by atoms with Gasteiger partial charge in [0.25, 0.3) is 5.91 Å². The smallest absolute Gasteiger partial charge is 0.256 e. The molecule has 1 heterocycles. The number of nitrogens with one attached hydrogen (secondary N) is 2. The molecule has 1 aliphatic carbocycles. The van der Waals surface area contributed by atoms with Gasteiger partial charge in [-0.2, -0.15) is 0 Å². The predicted octanol–water partition coefficient (Wildman–Crippen LogP) is 5.53. The maximum atomic E-state index is 13.5. The minimum Gasteiger partial charge on any atom is -0.493 e. The topological polar surface area (TPSA) is 98.8 Å². The van der Waals surface area contributed by atoms with Crippen LogP contribution in [0.25, 0.3) is 22.2 Å². The Balaban J connectivity index is 1.51. The fourth-order valence-electron chi connectivity index (χ4n) is 4.20. The van der Waals surface area contributed by atoms with E-state index in [1.165, 1.54) is 0 Å². The fraction of sp³-hybridized carbons (Fsp3) is 0.207. The summed E-state index contributed by atoms with van der Waals surface area (Å²) >= 11 is 0. The van der Waals surface area contributed by atoms with Crippen molar-refractivity contribution in [2.45, 2.75) is 12.8 Å². The number of hydrogen-bond acceptors (Lipinski definition) is 6. The van der Waals surface area contributed by atoms with E-state index < -0.39 is 0 Å². The number of fused-ring (bicyclic) bond motifs is 1. The molecule has 188 valence electrons. The van der Waals surface area contributed by atoms with E-state index in [0.717, 1.165) is 18.2 Å². The molecule has 0 bridgehead atoms. The van der Waals surface area contributed by atoms with Crippen molar-refractivity contribution in [2.24, 2.45) is 5.92 Å². The molecule has 0 unspecified atom stereocenters. The van der Waals surface area contributed by atoms with Crippen molar-refractivity contribution in [3.05, 3.63) is 72.3 Å². The van der Waals surface area contributed by atoms with Crippen LogP contribution in [0.3, 0.4) is 0 Å². The fourth-order valence-corrected chi connectivity index (χ4v) is 4.20. The van der Waals surface area contributed by atoms with E-state index in [1.54, 1.807) is 63.8 Å². The number of anilines is 2. The molecule has 1 saturated carbocycles. The van der Waals surface area contributed by atoms with Crippen LogP contribution in [-0.4, -0.2) is 38.1 Å². The van der Waals surface area contributed by atoms with Crippen LogP contribution in [-0.2, 0) is 4.79 Å². The molecular formula is C29H27N3O5. The van der Waals surface area contributed by atoms with Gasteiger partial charge >= 0.3 is 0 Å². The number of ether oxygens (including phenoxy) is 3. The SMILES string of the molecule is COc1cc(-c2cc(C(=O)Nc3cccc(NC(=O)C4CC4)c3)c3ccccc3n2)cc(OC)c1OC. The van der Waals surface area contributed by atoms with Crippen LogP contribution >= 0.6 is 0 Å². The Morgan fingerprint density at radius 3 is 2.14 bits per heavy atom. The number of rotatable bonds is 8. The van der Waals surface area contributed by atoms with Crippen molar-refractivity contribution in [3.63, 3.8) is 0 Å². The number of aromatic nitrogens is 1. The Labute approximate surface area is 214 Å². The van der Waals surface area contributed by atoms with E-state index in [0.29, 0.717) is 51.0 Å². The Morgan fingerprint density at radius 2 is 1.49 bits per heavy atom. The summed E-state index contributed by atoms with van der Waals surface area (Å²) in [6.45, 7) is 0. The number of nitrogens with zero attached hydrogens (tertiary/aromatic N) is 1. The first-order chi connectivity index (χ1) is 18.0. The van der Waals surface area contributed by atoms with Crippen LogP contribution in [0.1, 0.15) is 23.2 Å². The van der Waals surface area contributed by atoms with E-state index in [9.17, 15) is 9.59 Å². The highest BCUT2D eigenvalue weighted by molar-refractivity contribution is 6.13. The molecule has 0 atom stereocenters. The number of carbonyl (C=O) groups is 2. The van der Waals surface area contributed by atoms with Gasteiger partial charge in [-0.15, -0.1) is 0 Å². The van der Waals surface area contributed by atoms with Crippen molar-refractivity contribution >= 4 is 34.1 Å². The number of methoxy groups -OCH3 is 3. The number of pyridine rings is 1. The first-order valence-electron chi connectivity index (χ1n) is 11.9. The molecule has 2 N–H and O–H groups in total. The summed E-state index contributed by atoms with van der Waals surface area (Å²) in [7, 11) is 4.65. The molecule has 5 rings (SSSR count). The standard InChI is InChI=1S/C29H27N3O5/c1-35-25-13-18(14-26(36-2)27(25)37-3)24-16-22(21-9-4-5-10-23(21)32-24)29(34)31-20-8-6-7-19(15-20)30-28(33)17-11-12-17/h4-10,13-17H,11-12H2,1-3H3,(H,30,33)(H,31,34). The number of hydrogen-bond donors (Lipinski definition) is 2. The average molecular weight is 498 g/mol. The molecule has 8 heteroatoms. The zero-order valence-electron chi connectivity index (χ0n) is 20.8. The lowest BCUT2D eigenvalue weighted by atomic mass is 10.0. The molecule has 1 aliphatic rings. The lowest BCUT2D eigenvalue weighted by Gasteiger charge is -2.15. The molecule has 1 fully saturated rings. The van der Waals surface area contributed by atoms with Gasteiger partial charge in [-0.3, -0.25) is 9.59 Å². The summed E-state index contributed by atoms with van der Waals surface area (Å²) in [6, 6.07) is 20.0. The lowest BCUT2D eigenvalue weighted by molar-refractivity contribution is -0.117. The second kappa shape index (κ2) is 10.2. The van der Waals surface area contributed by atoms with Gasteiger partial charge in [-0.05, 0) is 55.3 Å². The van der Waals surface area contributed by atoms with Crippen LogP contribution in [0, 0.1) is 5.92 Å². The second-order valence-electron chi connectivity index (χ2n) is 8.78. The number of benzene rings is 3. The van der Waals surface area contributed by atoms with Crippen LogP contribution < -0.4 is 24.8 Å². The molecule has 2 amide bonds. The minimum atomic E-state index is -0.294. The minimum absolute atomic E-state index is 0.0126. The molecule has 1 aromatic heterocycles. The molecule has 3 aromatic carbocycles. The summed E-state index contributed by atoms with van der Waals surface area (Å²) in [5.74, 6) is 1.26. The van der Waals surface area contributed by atoms with Crippen molar-refractivity contribution in [2.75, 3.05) is 32.0 Å². The third kappa shape index (κ3) is 5.04. The van der Waals surface area contributed by atoms with Gasteiger partial charge < -0.3 is 24.8 Å². The number of carbonyl (C=O) groups excluding carboxylic acids is 2. The highest BCUT2D eigenvalue weighted by Gasteiger charge is 2.29. The van der Waals surface area contributed by atoms with Crippen molar-refractivity contribution in [3.8, 4) is 28.5 Å². The zero-order chi connectivity index (χ0) is 25.9. The molecule has 0 saturated heterocycles. The Hall–Kier alpha value is -4.59. The van der Waals surface area contributed by atoms with Gasteiger partial charge in [0.15, 0.2) is 11.5 Å². The molecular weight excluding hydrogens is 470 g/mol. The number of para-hydroxylation sites is 1. The largest absolute Gasteiger partial charge is 0.493 e. The maximum absolute atomic E-state index is 13.5. The van der Waals surface area contributed by atoms with Crippen molar-refractivity contribution in [1.82, 2.24) is 4.98 Å². The molecule has 0 radical (unpaired) electrons. The zero-order valence-corrected chi connectivity index (χ0v) is 20.8. The van der Waals surface area contributed by atoms with E-state index in [2.05, 4.69) is 10.6 Å². The van der Waals surface area contributed by atoms with Crippen LogP contribution in [0.2, 0.25) is 0 Å². The summed E-state index contributed by atoms with van der Waals surface area (Å²) in [6.07, 6.45) is 1.84. The summed E-state index contributed by atoms with van der Waals surface area (Å²) in [5, 5.41) is 6.59. The third-order valence-corrected chi connectivity index (χ3v) is 6.26. The van der Waals surface area contributed by atoms with Gasteiger partial charge in [0.05, 0.1) is 38.1 Å². The van der Waals surface area contributed by atoms with Crippen LogP contribution in [0.15, 0.2) is 66.7 Å². The Kier molecular flexibility index (Phi) is 6.64. The molecule has 37 heavy (non-hydrogen) atoms. The van der Waals surface area contributed by atoms with E-state index >= 15 is 0 Å². The summed E-state index contributed by atoms with van der Waals surface area (Å²) in [4.78, 5) is 30.5. The first-order valence-corrected chi connectivity index (χ1v) is 11.9. The third-order valence-electron chi connectivity index (χ3n) is 6.26. The van der Waals surface area contributed by atoms with E-state index in [1.807, 2.05) is 24.3 Å². The van der Waals surface area contributed by atoms with Gasteiger partial charge in [-0.1, -0.05) is 24.3 Å².